The third kappa shape index (κ3) is 2.45. The standard InChI is InChI=1S/C29H25NO2/c31-29(32)20-11-12-24-23(15-20)25-18-9-10-19(14-18)26(25)28(30-24)27-21-7-3-1-5-16(21)13-17-6-2-4-8-22(17)27/h1-8,11-13,15,18-19,25-26,28,30H,9-10,14H2,(H,31,32)/t18-,19-,25-,26+,28-/m0/s1. The fourth-order valence-corrected chi connectivity index (χ4v) is 7.29. The molecule has 0 spiro atoms. The number of nitrogens with one attached hydrogen (secondary N) is 1. The van der Waals surface area contributed by atoms with Crippen molar-refractivity contribution < 1.29 is 9.90 Å². The molecule has 1 heterocycles. The van der Waals surface area contributed by atoms with Gasteiger partial charge in [0.25, 0.3) is 0 Å². The van der Waals surface area contributed by atoms with Gasteiger partial charge in [-0.25, -0.2) is 4.79 Å². The molecule has 3 heteroatoms. The number of carbonyl (C=O) groups is 1. The van der Waals surface area contributed by atoms with Crippen LogP contribution < -0.4 is 5.32 Å². The molecule has 0 saturated heterocycles. The molecule has 2 bridgehead atoms. The average molecular weight is 420 g/mol. The predicted octanol–water partition coefficient (Wildman–Crippen LogP) is 6.99. The van der Waals surface area contributed by atoms with E-state index in [0.717, 1.165) is 5.69 Å². The molecule has 0 radical (unpaired) electrons. The zero-order valence-electron chi connectivity index (χ0n) is 17.8. The molecule has 4 aromatic carbocycles. The number of rotatable bonds is 2. The molecule has 0 aromatic heterocycles. The van der Waals surface area contributed by atoms with Crippen LogP contribution in [0.25, 0.3) is 21.5 Å². The third-order valence-corrected chi connectivity index (χ3v) is 8.46. The van der Waals surface area contributed by atoms with Crippen molar-refractivity contribution in [3.63, 3.8) is 0 Å². The second-order valence-corrected chi connectivity index (χ2v) is 9.90. The van der Waals surface area contributed by atoms with Gasteiger partial charge < -0.3 is 10.4 Å². The zero-order chi connectivity index (χ0) is 21.4. The van der Waals surface area contributed by atoms with Crippen molar-refractivity contribution in [3.05, 3.63) is 89.5 Å². The van der Waals surface area contributed by atoms with Gasteiger partial charge in [-0.2, -0.15) is 0 Å². The molecule has 0 amide bonds. The molecule has 2 fully saturated rings. The van der Waals surface area contributed by atoms with Crippen molar-refractivity contribution in [2.75, 3.05) is 5.32 Å². The number of anilines is 1. The van der Waals surface area contributed by atoms with E-state index in [4.69, 9.17) is 0 Å². The van der Waals surface area contributed by atoms with Crippen LogP contribution in [0.3, 0.4) is 0 Å². The van der Waals surface area contributed by atoms with Crippen LogP contribution in [0.5, 0.6) is 0 Å². The van der Waals surface area contributed by atoms with Crippen molar-refractivity contribution >= 4 is 33.2 Å². The van der Waals surface area contributed by atoms with E-state index in [1.54, 1.807) is 6.07 Å². The summed E-state index contributed by atoms with van der Waals surface area (Å²) in [6, 6.07) is 25.8. The summed E-state index contributed by atoms with van der Waals surface area (Å²) < 4.78 is 0. The SMILES string of the molecule is O=C(O)c1ccc2c(c1)[C@@H]1[C@H]3CC[C@@H](C3)[C@H]1[C@@H](c1c3ccccc3cc3ccccc13)N2. The van der Waals surface area contributed by atoms with Crippen molar-refractivity contribution in [2.45, 2.75) is 31.2 Å². The van der Waals surface area contributed by atoms with Crippen molar-refractivity contribution in [1.29, 1.82) is 0 Å². The van der Waals surface area contributed by atoms with E-state index in [1.165, 1.54) is 51.9 Å². The predicted molar refractivity (Wildman–Crippen MR) is 128 cm³/mol. The summed E-state index contributed by atoms with van der Waals surface area (Å²) in [5.41, 5.74) is 4.16. The summed E-state index contributed by atoms with van der Waals surface area (Å²) in [5, 5.41) is 18.8. The van der Waals surface area contributed by atoms with E-state index < -0.39 is 5.97 Å². The molecule has 2 N–H and O–H groups in total. The molecule has 2 aliphatic carbocycles. The molecule has 32 heavy (non-hydrogen) atoms. The van der Waals surface area contributed by atoms with Gasteiger partial charge in [0.2, 0.25) is 0 Å². The topological polar surface area (TPSA) is 49.3 Å². The highest BCUT2D eigenvalue weighted by Gasteiger charge is 2.54. The maximum atomic E-state index is 11.7. The largest absolute Gasteiger partial charge is 0.478 e. The summed E-state index contributed by atoms with van der Waals surface area (Å²) >= 11 is 0. The lowest BCUT2D eigenvalue weighted by molar-refractivity contribution is 0.0696. The molecule has 0 unspecified atom stereocenters. The number of hydrogen-bond donors (Lipinski definition) is 2. The van der Waals surface area contributed by atoms with Gasteiger partial charge in [-0.3, -0.25) is 0 Å². The molecule has 3 aliphatic rings. The molecule has 2 saturated carbocycles. The first-order valence-corrected chi connectivity index (χ1v) is 11.7. The Balaban J connectivity index is 1.50. The number of fused-ring (bicyclic) bond motifs is 9. The Kier molecular flexibility index (Phi) is 3.76. The summed E-state index contributed by atoms with van der Waals surface area (Å²) in [7, 11) is 0. The van der Waals surface area contributed by atoms with Gasteiger partial charge >= 0.3 is 5.97 Å². The van der Waals surface area contributed by atoms with Gasteiger partial charge in [0.1, 0.15) is 0 Å². The molecule has 5 atom stereocenters. The van der Waals surface area contributed by atoms with Crippen LogP contribution in [0.2, 0.25) is 0 Å². The monoisotopic (exact) mass is 419 g/mol. The van der Waals surface area contributed by atoms with Crippen LogP contribution in [0.4, 0.5) is 5.69 Å². The summed E-state index contributed by atoms with van der Waals surface area (Å²) in [6.45, 7) is 0. The van der Waals surface area contributed by atoms with E-state index >= 15 is 0 Å². The van der Waals surface area contributed by atoms with Gasteiger partial charge in [-0.05, 0) is 99.9 Å². The molecule has 7 rings (SSSR count). The lowest BCUT2D eigenvalue weighted by atomic mass is 9.67. The van der Waals surface area contributed by atoms with Crippen LogP contribution in [-0.2, 0) is 0 Å². The Bertz CT molecular complexity index is 1350. The van der Waals surface area contributed by atoms with Crippen LogP contribution in [-0.4, -0.2) is 11.1 Å². The van der Waals surface area contributed by atoms with Crippen LogP contribution in [0.15, 0.2) is 72.8 Å². The summed E-state index contributed by atoms with van der Waals surface area (Å²) in [5.74, 6) is 1.46. The van der Waals surface area contributed by atoms with Crippen LogP contribution in [0.1, 0.15) is 52.7 Å². The Hall–Kier alpha value is -3.33. The minimum absolute atomic E-state index is 0.231. The smallest absolute Gasteiger partial charge is 0.335 e. The zero-order valence-corrected chi connectivity index (χ0v) is 17.8. The number of hydrogen-bond acceptors (Lipinski definition) is 2. The maximum absolute atomic E-state index is 11.7. The normalized spacial score (nSPS) is 27.8. The van der Waals surface area contributed by atoms with E-state index in [2.05, 4.69) is 59.9 Å². The first kappa shape index (κ1) is 18.3. The molecule has 4 aromatic rings. The number of carboxylic acid groups (broad SMARTS) is 1. The quantitative estimate of drug-likeness (QED) is 0.344. The Labute approximate surface area is 187 Å². The third-order valence-electron chi connectivity index (χ3n) is 8.46. The maximum Gasteiger partial charge on any atom is 0.335 e. The lowest BCUT2D eigenvalue weighted by Crippen LogP contribution is -2.35. The van der Waals surface area contributed by atoms with Crippen molar-refractivity contribution in [2.24, 2.45) is 17.8 Å². The highest BCUT2D eigenvalue weighted by atomic mass is 16.4. The minimum Gasteiger partial charge on any atom is -0.478 e. The second kappa shape index (κ2) is 6.59. The van der Waals surface area contributed by atoms with Crippen molar-refractivity contribution in [1.82, 2.24) is 0 Å². The fourth-order valence-electron chi connectivity index (χ4n) is 7.29. The molecule has 158 valence electrons. The summed E-state index contributed by atoms with van der Waals surface area (Å²) in [6.07, 6.45) is 3.83. The second-order valence-electron chi connectivity index (χ2n) is 9.90. The number of carboxylic acids is 1. The molecule has 1 aliphatic heterocycles. The lowest BCUT2D eigenvalue weighted by Gasteiger charge is -2.44. The van der Waals surface area contributed by atoms with E-state index in [1.807, 2.05) is 12.1 Å². The van der Waals surface area contributed by atoms with E-state index in [9.17, 15) is 9.90 Å². The van der Waals surface area contributed by atoms with Crippen molar-refractivity contribution in [3.8, 4) is 0 Å². The Morgan fingerprint density at radius 1 is 0.844 bits per heavy atom. The molecular weight excluding hydrogens is 394 g/mol. The van der Waals surface area contributed by atoms with E-state index in [-0.39, 0.29) is 6.04 Å². The van der Waals surface area contributed by atoms with Gasteiger partial charge in [0.05, 0.1) is 11.6 Å². The van der Waals surface area contributed by atoms with Crippen LogP contribution >= 0.6 is 0 Å². The molecular formula is C29H25NO2. The first-order chi connectivity index (χ1) is 15.7. The number of aromatic carboxylic acids is 1. The fraction of sp³-hybridized carbons (Fsp3) is 0.276. The number of benzene rings is 4. The van der Waals surface area contributed by atoms with Gasteiger partial charge in [0, 0.05) is 5.69 Å². The Morgan fingerprint density at radius 2 is 1.53 bits per heavy atom. The van der Waals surface area contributed by atoms with Crippen LogP contribution in [0, 0.1) is 17.8 Å². The van der Waals surface area contributed by atoms with Gasteiger partial charge in [-0.15, -0.1) is 0 Å². The first-order valence-electron chi connectivity index (χ1n) is 11.7. The van der Waals surface area contributed by atoms with Gasteiger partial charge in [0.15, 0.2) is 0 Å². The summed E-state index contributed by atoms with van der Waals surface area (Å²) in [4.78, 5) is 11.7. The Morgan fingerprint density at radius 3 is 2.25 bits per heavy atom. The highest BCUT2D eigenvalue weighted by molar-refractivity contribution is 6.03. The van der Waals surface area contributed by atoms with Gasteiger partial charge in [-0.1, -0.05) is 48.5 Å². The average Bonchev–Trinajstić information content (AvgIpc) is 3.44. The highest BCUT2D eigenvalue weighted by Crippen LogP contribution is 2.64. The minimum atomic E-state index is -0.838. The van der Waals surface area contributed by atoms with E-state index in [0.29, 0.717) is 29.2 Å². The molecule has 3 nitrogen and oxygen atoms in total.